The van der Waals surface area contributed by atoms with E-state index >= 15 is 0 Å². The fourth-order valence-corrected chi connectivity index (χ4v) is 3.54. The van der Waals surface area contributed by atoms with Crippen molar-refractivity contribution in [1.29, 1.82) is 0 Å². The largest absolute Gasteiger partial charge is 0.322 e. The van der Waals surface area contributed by atoms with Crippen LogP contribution in [0, 0.1) is 27.7 Å². The number of aryl methyl sites for hydroxylation is 3. The second-order valence-electron chi connectivity index (χ2n) is 5.75. The van der Waals surface area contributed by atoms with Crippen LogP contribution in [0.5, 0.6) is 0 Å². The molecule has 0 radical (unpaired) electrons. The fourth-order valence-electron chi connectivity index (χ4n) is 2.96. The minimum Gasteiger partial charge on any atom is -0.322 e. The lowest BCUT2D eigenvalue weighted by molar-refractivity contribution is 0.713. The quantitative estimate of drug-likeness (QED) is 0.697. The Kier molecular flexibility index (Phi) is 3.69. The van der Waals surface area contributed by atoms with Crippen LogP contribution < -0.4 is 0 Å². The molecular weight excluding hydrogens is 319 g/mol. The van der Waals surface area contributed by atoms with Crippen LogP contribution >= 0.6 is 23.2 Å². The first kappa shape index (κ1) is 15.4. The fraction of sp³-hybridized carbons (Fsp3) is 0.375. The van der Waals surface area contributed by atoms with Crippen molar-refractivity contribution in [2.45, 2.75) is 34.2 Å². The Morgan fingerprint density at radius 1 is 1.00 bits per heavy atom. The normalized spacial score (nSPS) is 11.6. The molecule has 0 fully saturated rings. The van der Waals surface area contributed by atoms with Gasteiger partial charge in [-0.05, 0) is 49.9 Å². The van der Waals surface area contributed by atoms with Crippen LogP contribution in [0.25, 0.3) is 10.9 Å². The van der Waals surface area contributed by atoms with E-state index in [-0.39, 0.29) is 0 Å². The highest BCUT2D eigenvalue weighted by Gasteiger charge is 2.21. The molecule has 0 saturated carbocycles. The maximum absolute atomic E-state index is 6.52. The van der Waals surface area contributed by atoms with Crippen LogP contribution in [0.3, 0.4) is 0 Å². The standard InChI is InChI=1S/C16H18Cl2N4/c1-8-9(2)11(4)15-13(10(8)3)14(17)16(18)22(15)6-12-19-7-21(5)20-12/h7H,6H2,1-5H3. The summed E-state index contributed by atoms with van der Waals surface area (Å²) in [4.78, 5) is 4.29. The zero-order chi connectivity index (χ0) is 16.2. The van der Waals surface area contributed by atoms with E-state index < -0.39 is 0 Å². The van der Waals surface area contributed by atoms with Crippen molar-refractivity contribution >= 4 is 34.1 Å². The van der Waals surface area contributed by atoms with E-state index in [0.717, 1.165) is 10.9 Å². The number of aromatic nitrogens is 4. The van der Waals surface area contributed by atoms with Gasteiger partial charge in [-0.25, -0.2) is 4.98 Å². The van der Waals surface area contributed by atoms with E-state index in [1.54, 1.807) is 11.0 Å². The van der Waals surface area contributed by atoms with Crippen LogP contribution in [0.15, 0.2) is 6.33 Å². The average Bonchev–Trinajstić information content (AvgIpc) is 2.99. The van der Waals surface area contributed by atoms with Gasteiger partial charge in [0.05, 0.1) is 17.1 Å². The maximum atomic E-state index is 6.52. The molecule has 3 rings (SSSR count). The Morgan fingerprint density at radius 3 is 2.23 bits per heavy atom. The molecule has 0 spiro atoms. The van der Waals surface area contributed by atoms with E-state index in [1.807, 2.05) is 11.6 Å². The van der Waals surface area contributed by atoms with Crippen LogP contribution in [0.1, 0.15) is 28.1 Å². The van der Waals surface area contributed by atoms with Gasteiger partial charge in [0.25, 0.3) is 0 Å². The summed E-state index contributed by atoms with van der Waals surface area (Å²) in [6.45, 7) is 8.97. The molecular formula is C16H18Cl2N4. The molecule has 2 heterocycles. The number of hydrogen-bond acceptors (Lipinski definition) is 2. The highest BCUT2D eigenvalue weighted by molar-refractivity contribution is 6.45. The summed E-state index contributed by atoms with van der Waals surface area (Å²) in [6, 6.07) is 0. The van der Waals surface area contributed by atoms with Crippen molar-refractivity contribution < 1.29 is 0 Å². The van der Waals surface area contributed by atoms with Gasteiger partial charge in [-0.15, -0.1) is 0 Å². The minimum atomic E-state index is 0.506. The van der Waals surface area contributed by atoms with Gasteiger partial charge < -0.3 is 4.57 Å². The van der Waals surface area contributed by atoms with Crippen molar-refractivity contribution in [3.63, 3.8) is 0 Å². The van der Waals surface area contributed by atoms with Crippen LogP contribution in [-0.2, 0) is 13.6 Å². The molecule has 116 valence electrons. The van der Waals surface area contributed by atoms with E-state index in [9.17, 15) is 0 Å². The molecule has 0 N–H and O–H groups in total. The first-order valence-corrected chi connectivity index (χ1v) is 7.86. The van der Waals surface area contributed by atoms with Crippen LogP contribution in [-0.4, -0.2) is 19.3 Å². The molecule has 6 heteroatoms. The Balaban J connectivity index is 2.33. The van der Waals surface area contributed by atoms with Crippen molar-refractivity contribution in [3.8, 4) is 0 Å². The lowest BCUT2D eigenvalue weighted by atomic mass is 9.95. The smallest absolute Gasteiger partial charge is 0.170 e. The van der Waals surface area contributed by atoms with E-state index in [0.29, 0.717) is 22.5 Å². The number of rotatable bonds is 2. The van der Waals surface area contributed by atoms with Gasteiger partial charge in [0.15, 0.2) is 5.82 Å². The summed E-state index contributed by atoms with van der Waals surface area (Å²) in [7, 11) is 1.85. The van der Waals surface area contributed by atoms with Crippen LogP contribution in [0.4, 0.5) is 0 Å². The molecule has 0 aliphatic rings. The molecule has 22 heavy (non-hydrogen) atoms. The summed E-state index contributed by atoms with van der Waals surface area (Å²) in [5.74, 6) is 0.716. The maximum Gasteiger partial charge on any atom is 0.170 e. The lowest BCUT2D eigenvalue weighted by Crippen LogP contribution is -2.04. The molecule has 0 atom stereocenters. The monoisotopic (exact) mass is 336 g/mol. The molecule has 0 bridgehead atoms. The molecule has 3 aromatic rings. The highest BCUT2D eigenvalue weighted by atomic mass is 35.5. The van der Waals surface area contributed by atoms with Gasteiger partial charge in [0, 0.05) is 12.4 Å². The Labute approximate surface area is 139 Å². The molecule has 1 aromatic carbocycles. The lowest BCUT2D eigenvalue weighted by Gasteiger charge is -2.13. The molecule has 0 unspecified atom stereocenters. The summed E-state index contributed by atoms with van der Waals surface area (Å²) in [6.07, 6.45) is 1.68. The Bertz CT molecular complexity index is 890. The number of benzene rings is 1. The second-order valence-corrected chi connectivity index (χ2v) is 6.48. The number of halogens is 2. The zero-order valence-electron chi connectivity index (χ0n) is 13.3. The first-order valence-electron chi connectivity index (χ1n) is 7.11. The van der Waals surface area contributed by atoms with Crippen molar-refractivity contribution in [3.05, 3.63) is 44.6 Å². The van der Waals surface area contributed by atoms with Gasteiger partial charge in [0.2, 0.25) is 0 Å². The summed E-state index contributed by atoms with van der Waals surface area (Å²) in [5, 5.41) is 6.52. The predicted molar refractivity (Wildman–Crippen MR) is 91.0 cm³/mol. The Morgan fingerprint density at radius 2 is 1.64 bits per heavy atom. The third-order valence-corrected chi connectivity index (χ3v) is 5.37. The van der Waals surface area contributed by atoms with E-state index in [4.69, 9.17) is 23.2 Å². The summed E-state index contributed by atoms with van der Waals surface area (Å²) >= 11 is 13.0. The molecule has 0 aliphatic heterocycles. The van der Waals surface area contributed by atoms with Crippen molar-refractivity contribution in [2.75, 3.05) is 0 Å². The molecule has 0 aliphatic carbocycles. The third-order valence-electron chi connectivity index (χ3n) is 4.51. The van der Waals surface area contributed by atoms with Gasteiger partial charge in [-0.2, -0.15) is 5.10 Å². The van der Waals surface area contributed by atoms with Crippen molar-refractivity contribution in [2.24, 2.45) is 7.05 Å². The molecule has 4 nitrogen and oxygen atoms in total. The zero-order valence-corrected chi connectivity index (χ0v) is 14.8. The first-order chi connectivity index (χ1) is 10.3. The second kappa shape index (κ2) is 5.28. The molecule has 2 aromatic heterocycles. The van der Waals surface area contributed by atoms with Crippen LogP contribution in [0.2, 0.25) is 10.2 Å². The molecule has 0 saturated heterocycles. The summed E-state index contributed by atoms with van der Waals surface area (Å²) in [5.41, 5.74) is 5.98. The van der Waals surface area contributed by atoms with Gasteiger partial charge in [-0.3, -0.25) is 4.68 Å². The van der Waals surface area contributed by atoms with E-state index in [2.05, 4.69) is 37.8 Å². The van der Waals surface area contributed by atoms with Crippen molar-refractivity contribution in [1.82, 2.24) is 19.3 Å². The average molecular weight is 337 g/mol. The predicted octanol–water partition coefficient (Wildman–Crippen LogP) is 4.36. The third kappa shape index (κ3) is 2.13. The van der Waals surface area contributed by atoms with Gasteiger partial charge in [-0.1, -0.05) is 23.2 Å². The minimum absolute atomic E-state index is 0.506. The number of hydrogen-bond donors (Lipinski definition) is 0. The van der Waals surface area contributed by atoms with Gasteiger partial charge >= 0.3 is 0 Å². The molecule has 0 amide bonds. The number of nitrogens with zero attached hydrogens (tertiary/aromatic N) is 4. The van der Waals surface area contributed by atoms with E-state index in [1.165, 1.54) is 22.3 Å². The highest BCUT2D eigenvalue weighted by Crippen LogP contribution is 2.40. The summed E-state index contributed by atoms with van der Waals surface area (Å²) < 4.78 is 3.69. The van der Waals surface area contributed by atoms with Gasteiger partial charge in [0.1, 0.15) is 11.5 Å². The topological polar surface area (TPSA) is 35.6 Å². The SMILES string of the molecule is Cc1c(C)c(C)c2c(c1C)c(Cl)c(Cl)n2Cc1ncn(C)n1. The number of fused-ring (bicyclic) bond motifs is 1. The Hall–Kier alpha value is -1.52.